The minimum Gasteiger partial charge on any atom is -0.492 e. The average Bonchev–Trinajstić information content (AvgIpc) is 2.78. The van der Waals surface area contributed by atoms with Gasteiger partial charge in [-0.1, -0.05) is 19.3 Å². The molecule has 2 amide bonds. The van der Waals surface area contributed by atoms with Gasteiger partial charge in [-0.05, 0) is 26.7 Å². The first-order valence-electron chi connectivity index (χ1n) is 10.4. The van der Waals surface area contributed by atoms with E-state index in [1.807, 2.05) is 13.8 Å². The normalized spacial score (nSPS) is 14.1. The van der Waals surface area contributed by atoms with E-state index >= 15 is 0 Å². The fourth-order valence-corrected chi connectivity index (χ4v) is 3.51. The SMILES string of the molecule is CCOc1cc(NC(=O)C2CCCCC2)c(OCC)cc1NC(=O)c1cnccn1. The lowest BCUT2D eigenvalue weighted by atomic mass is 9.88. The molecule has 1 heterocycles. The summed E-state index contributed by atoms with van der Waals surface area (Å²) in [6, 6.07) is 3.36. The van der Waals surface area contributed by atoms with Crippen molar-refractivity contribution in [3.8, 4) is 11.5 Å². The Morgan fingerprint density at radius 1 is 0.967 bits per heavy atom. The Morgan fingerprint density at radius 3 is 2.17 bits per heavy atom. The first-order chi connectivity index (χ1) is 14.6. The minimum absolute atomic E-state index is 0.00514. The van der Waals surface area contributed by atoms with Gasteiger partial charge < -0.3 is 20.1 Å². The fraction of sp³-hybridized carbons (Fsp3) is 0.455. The minimum atomic E-state index is -0.412. The summed E-state index contributed by atoms with van der Waals surface area (Å²) in [7, 11) is 0. The predicted molar refractivity (Wildman–Crippen MR) is 114 cm³/mol. The highest BCUT2D eigenvalue weighted by molar-refractivity contribution is 6.04. The van der Waals surface area contributed by atoms with Gasteiger partial charge in [-0.2, -0.15) is 0 Å². The van der Waals surface area contributed by atoms with Crippen LogP contribution in [0.3, 0.4) is 0 Å². The van der Waals surface area contributed by atoms with Crippen molar-refractivity contribution in [2.75, 3.05) is 23.8 Å². The van der Waals surface area contributed by atoms with Crippen LogP contribution in [0.25, 0.3) is 0 Å². The van der Waals surface area contributed by atoms with Crippen molar-refractivity contribution in [1.29, 1.82) is 0 Å². The van der Waals surface area contributed by atoms with Crippen LogP contribution >= 0.6 is 0 Å². The van der Waals surface area contributed by atoms with Crippen LogP contribution in [0.5, 0.6) is 11.5 Å². The predicted octanol–water partition coefficient (Wildman–Crippen LogP) is 4.05. The Balaban J connectivity index is 1.86. The Kier molecular flexibility index (Phi) is 7.59. The number of hydrogen-bond acceptors (Lipinski definition) is 6. The third-order valence-electron chi connectivity index (χ3n) is 4.96. The van der Waals surface area contributed by atoms with Crippen LogP contribution in [0, 0.1) is 5.92 Å². The number of aromatic nitrogens is 2. The lowest BCUT2D eigenvalue weighted by Crippen LogP contribution is -2.25. The number of rotatable bonds is 8. The molecule has 2 aromatic rings. The molecule has 160 valence electrons. The van der Waals surface area contributed by atoms with Gasteiger partial charge in [0, 0.05) is 30.4 Å². The van der Waals surface area contributed by atoms with Crippen molar-refractivity contribution in [3.05, 3.63) is 36.4 Å². The molecule has 0 atom stereocenters. The van der Waals surface area contributed by atoms with E-state index in [2.05, 4.69) is 20.6 Å². The number of nitrogens with zero attached hydrogens (tertiary/aromatic N) is 2. The maximum atomic E-state index is 12.7. The molecule has 0 unspecified atom stereocenters. The summed E-state index contributed by atoms with van der Waals surface area (Å²) >= 11 is 0. The van der Waals surface area contributed by atoms with Crippen LogP contribution in [0.1, 0.15) is 56.4 Å². The van der Waals surface area contributed by atoms with Gasteiger partial charge in [0.25, 0.3) is 5.91 Å². The van der Waals surface area contributed by atoms with Gasteiger partial charge in [0.1, 0.15) is 17.2 Å². The van der Waals surface area contributed by atoms with E-state index < -0.39 is 5.91 Å². The van der Waals surface area contributed by atoms with Crippen molar-refractivity contribution < 1.29 is 19.1 Å². The summed E-state index contributed by atoms with van der Waals surface area (Å²) in [5.41, 5.74) is 1.16. The zero-order valence-electron chi connectivity index (χ0n) is 17.4. The van der Waals surface area contributed by atoms with Crippen LogP contribution in [-0.2, 0) is 4.79 Å². The number of hydrogen-bond donors (Lipinski definition) is 2. The van der Waals surface area contributed by atoms with E-state index in [-0.39, 0.29) is 17.5 Å². The van der Waals surface area contributed by atoms with E-state index in [1.54, 1.807) is 12.1 Å². The number of nitrogens with one attached hydrogen (secondary N) is 2. The molecule has 0 radical (unpaired) electrons. The first kappa shape index (κ1) is 21.5. The Bertz CT molecular complexity index is 867. The zero-order valence-corrected chi connectivity index (χ0v) is 17.4. The van der Waals surface area contributed by atoms with Crippen molar-refractivity contribution in [1.82, 2.24) is 9.97 Å². The Morgan fingerprint density at radius 2 is 1.60 bits per heavy atom. The van der Waals surface area contributed by atoms with Crippen LogP contribution in [-0.4, -0.2) is 35.0 Å². The van der Waals surface area contributed by atoms with Crippen molar-refractivity contribution >= 4 is 23.2 Å². The number of anilines is 2. The first-order valence-corrected chi connectivity index (χ1v) is 10.4. The molecule has 0 bridgehead atoms. The highest BCUT2D eigenvalue weighted by Gasteiger charge is 2.23. The molecule has 1 aliphatic rings. The number of benzene rings is 1. The van der Waals surface area contributed by atoms with Crippen molar-refractivity contribution in [2.24, 2.45) is 5.92 Å². The third-order valence-corrected chi connectivity index (χ3v) is 4.96. The standard InChI is InChI=1S/C22H28N4O4/c1-3-29-19-13-17(26-22(28)18-14-23-10-11-24-18)20(30-4-2)12-16(19)25-21(27)15-8-6-5-7-9-15/h10-15H,3-9H2,1-2H3,(H,25,27)(H,26,28). The summed E-state index contributed by atoms with van der Waals surface area (Å²) in [6.45, 7) is 4.53. The summed E-state index contributed by atoms with van der Waals surface area (Å²) in [5, 5.41) is 5.79. The molecule has 0 saturated heterocycles. The molecular weight excluding hydrogens is 384 g/mol. The van der Waals surface area contributed by atoms with Gasteiger partial charge in [0.15, 0.2) is 0 Å². The molecule has 30 heavy (non-hydrogen) atoms. The third kappa shape index (κ3) is 5.46. The highest BCUT2D eigenvalue weighted by atomic mass is 16.5. The van der Waals surface area contributed by atoms with E-state index in [0.717, 1.165) is 25.7 Å². The van der Waals surface area contributed by atoms with Gasteiger partial charge in [-0.15, -0.1) is 0 Å². The summed E-state index contributed by atoms with van der Waals surface area (Å²) < 4.78 is 11.5. The maximum absolute atomic E-state index is 12.7. The van der Waals surface area contributed by atoms with Gasteiger partial charge in [0.05, 0.1) is 30.8 Å². The molecule has 0 spiro atoms. The van der Waals surface area contributed by atoms with E-state index in [1.165, 1.54) is 25.0 Å². The van der Waals surface area contributed by atoms with Crippen molar-refractivity contribution in [3.63, 3.8) is 0 Å². The van der Waals surface area contributed by atoms with Crippen LogP contribution < -0.4 is 20.1 Å². The highest BCUT2D eigenvalue weighted by Crippen LogP contribution is 2.38. The van der Waals surface area contributed by atoms with Crippen molar-refractivity contribution in [2.45, 2.75) is 46.0 Å². The molecule has 1 saturated carbocycles. The second-order valence-corrected chi connectivity index (χ2v) is 7.08. The second kappa shape index (κ2) is 10.6. The summed E-state index contributed by atoms with van der Waals surface area (Å²) in [5.74, 6) is 0.511. The topological polar surface area (TPSA) is 102 Å². The van der Waals surface area contributed by atoms with Gasteiger partial charge in [-0.25, -0.2) is 4.98 Å². The molecule has 8 nitrogen and oxygen atoms in total. The average molecular weight is 412 g/mol. The smallest absolute Gasteiger partial charge is 0.275 e. The summed E-state index contributed by atoms with van der Waals surface area (Å²) in [6.07, 6.45) is 9.48. The number of ether oxygens (including phenoxy) is 2. The van der Waals surface area contributed by atoms with Gasteiger partial charge >= 0.3 is 0 Å². The Labute approximate surface area is 176 Å². The van der Waals surface area contributed by atoms with Crippen LogP contribution in [0.2, 0.25) is 0 Å². The lowest BCUT2D eigenvalue weighted by Gasteiger charge is -2.22. The van der Waals surface area contributed by atoms with Crippen LogP contribution in [0.15, 0.2) is 30.7 Å². The van der Waals surface area contributed by atoms with E-state index in [4.69, 9.17) is 9.47 Å². The number of carbonyl (C=O) groups excluding carboxylic acids is 2. The molecule has 3 rings (SSSR count). The molecule has 8 heteroatoms. The van der Waals surface area contributed by atoms with Crippen LogP contribution in [0.4, 0.5) is 11.4 Å². The molecule has 1 aromatic heterocycles. The maximum Gasteiger partial charge on any atom is 0.275 e. The number of amides is 2. The van der Waals surface area contributed by atoms with Gasteiger partial charge in [-0.3, -0.25) is 14.6 Å². The number of carbonyl (C=O) groups is 2. The molecular formula is C22H28N4O4. The monoisotopic (exact) mass is 412 g/mol. The van der Waals surface area contributed by atoms with Gasteiger partial charge in [0.2, 0.25) is 5.91 Å². The molecule has 0 aliphatic heterocycles. The summed E-state index contributed by atoms with van der Waals surface area (Å²) in [4.78, 5) is 33.2. The van der Waals surface area contributed by atoms with E-state index in [0.29, 0.717) is 36.1 Å². The quantitative estimate of drug-likeness (QED) is 0.678. The largest absolute Gasteiger partial charge is 0.492 e. The molecule has 1 aromatic carbocycles. The molecule has 2 N–H and O–H groups in total. The van der Waals surface area contributed by atoms with E-state index in [9.17, 15) is 9.59 Å². The fourth-order valence-electron chi connectivity index (χ4n) is 3.51. The molecule has 1 fully saturated rings. The molecule has 1 aliphatic carbocycles. The Hall–Kier alpha value is -3.16. The lowest BCUT2D eigenvalue weighted by molar-refractivity contribution is -0.120. The second-order valence-electron chi connectivity index (χ2n) is 7.08. The zero-order chi connectivity index (χ0) is 21.3.